The van der Waals surface area contributed by atoms with E-state index in [1.165, 1.54) is 5.56 Å². The van der Waals surface area contributed by atoms with Gasteiger partial charge in [-0.3, -0.25) is 4.79 Å². The summed E-state index contributed by atoms with van der Waals surface area (Å²) < 4.78 is 0. The summed E-state index contributed by atoms with van der Waals surface area (Å²) in [6.45, 7) is 7.97. The quantitative estimate of drug-likeness (QED) is 0.793. The highest BCUT2D eigenvalue weighted by atomic mass is 16.1. The Morgan fingerprint density at radius 3 is 2.32 bits per heavy atom. The van der Waals surface area contributed by atoms with Gasteiger partial charge >= 0.3 is 0 Å². The fraction of sp³-hybridized carbons (Fsp3) is 0.562. The largest absolute Gasteiger partial charge is 0.351 e. The van der Waals surface area contributed by atoms with E-state index in [9.17, 15) is 4.79 Å². The number of nitrogens with one attached hydrogen (secondary N) is 2. The molecule has 0 aliphatic heterocycles. The minimum absolute atomic E-state index is 0.00669. The predicted molar refractivity (Wildman–Crippen MR) is 80.5 cm³/mol. The molecule has 0 heterocycles. The molecule has 0 aromatic heterocycles. The van der Waals surface area contributed by atoms with Crippen molar-refractivity contribution in [3.8, 4) is 0 Å². The molecule has 3 heteroatoms. The molecule has 19 heavy (non-hydrogen) atoms. The molecule has 1 rings (SSSR count). The molecular weight excluding hydrogens is 236 g/mol. The van der Waals surface area contributed by atoms with Gasteiger partial charge in [-0.2, -0.15) is 0 Å². The molecule has 0 aliphatic carbocycles. The Hall–Kier alpha value is -1.35. The summed E-state index contributed by atoms with van der Waals surface area (Å²) in [5.41, 5.74) is 2.08. The molecule has 1 aromatic rings. The topological polar surface area (TPSA) is 41.1 Å². The van der Waals surface area contributed by atoms with Crippen LogP contribution in [0.5, 0.6) is 0 Å². The second-order valence-corrected chi connectivity index (χ2v) is 5.82. The number of rotatable bonds is 7. The molecule has 2 N–H and O–H groups in total. The van der Waals surface area contributed by atoms with Crippen LogP contribution in [0.3, 0.4) is 0 Å². The highest BCUT2D eigenvalue weighted by Gasteiger charge is 2.18. The molecular formula is C16H26N2O. The third kappa shape index (κ3) is 5.43. The van der Waals surface area contributed by atoms with Gasteiger partial charge in [-0.25, -0.2) is 0 Å². The van der Waals surface area contributed by atoms with Crippen LogP contribution in [-0.4, -0.2) is 26.0 Å². The zero-order valence-corrected chi connectivity index (χ0v) is 12.5. The van der Waals surface area contributed by atoms with Crippen LogP contribution in [0.2, 0.25) is 0 Å². The lowest BCUT2D eigenvalue weighted by atomic mass is 9.93. The molecule has 3 nitrogen and oxygen atoms in total. The molecule has 0 saturated carbocycles. The Morgan fingerprint density at radius 2 is 1.79 bits per heavy atom. The van der Waals surface area contributed by atoms with Gasteiger partial charge in [-0.1, -0.05) is 39.3 Å². The zero-order chi connectivity index (χ0) is 14.3. The first kappa shape index (κ1) is 15.7. The summed E-state index contributed by atoms with van der Waals surface area (Å²) in [4.78, 5) is 12.0. The van der Waals surface area contributed by atoms with E-state index in [0.29, 0.717) is 6.54 Å². The molecule has 0 atom stereocenters. The van der Waals surface area contributed by atoms with Crippen molar-refractivity contribution in [2.75, 3.05) is 20.1 Å². The minimum Gasteiger partial charge on any atom is -0.351 e. The van der Waals surface area contributed by atoms with Crippen molar-refractivity contribution in [2.24, 2.45) is 5.41 Å². The lowest BCUT2D eigenvalue weighted by Gasteiger charge is -2.24. The lowest BCUT2D eigenvalue weighted by molar-refractivity contribution is 0.0936. The van der Waals surface area contributed by atoms with E-state index in [1.807, 2.05) is 31.3 Å². The van der Waals surface area contributed by atoms with E-state index in [1.54, 1.807) is 0 Å². The number of hydrogen-bond acceptors (Lipinski definition) is 2. The van der Waals surface area contributed by atoms with Gasteiger partial charge in [0.15, 0.2) is 0 Å². The summed E-state index contributed by atoms with van der Waals surface area (Å²) in [6.07, 6.45) is 2.20. The third-order valence-corrected chi connectivity index (χ3v) is 3.14. The first-order valence-electron chi connectivity index (χ1n) is 7.00. The summed E-state index contributed by atoms with van der Waals surface area (Å²) in [7, 11) is 1.93. The Labute approximate surface area is 116 Å². The second-order valence-electron chi connectivity index (χ2n) is 5.82. The molecule has 0 saturated heterocycles. The average Bonchev–Trinajstić information content (AvgIpc) is 2.37. The van der Waals surface area contributed by atoms with Gasteiger partial charge in [0.1, 0.15) is 0 Å². The van der Waals surface area contributed by atoms with Gasteiger partial charge in [0, 0.05) is 18.7 Å². The summed E-state index contributed by atoms with van der Waals surface area (Å²) in [5, 5.41) is 6.14. The third-order valence-electron chi connectivity index (χ3n) is 3.14. The molecule has 0 aliphatic rings. The number of amides is 1. The van der Waals surface area contributed by atoms with Gasteiger partial charge in [-0.05, 0) is 36.6 Å². The fourth-order valence-electron chi connectivity index (χ4n) is 2.07. The van der Waals surface area contributed by atoms with Crippen LogP contribution < -0.4 is 10.6 Å². The van der Waals surface area contributed by atoms with Crippen LogP contribution in [0.25, 0.3) is 0 Å². The normalized spacial score (nSPS) is 11.4. The Kier molecular flexibility index (Phi) is 6.03. The zero-order valence-electron chi connectivity index (χ0n) is 12.5. The average molecular weight is 262 g/mol. The van der Waals surface area contributed by atoms with Gasteiger partial charge < -0.3 is 10.6 Å². The fourth-order valence-corrected chi connectivity index (χ4v) is 2.07. The van der Waals surface area contributed by atoms with Crippen molar-refractivity contribution >= 4 is 5.91 Å². The summed E-state index contributed by atoms with van der Waals surface area (Å²) in [6, 6.07) is 7.89. The van der Waals surface area contributed by atoms with E-state index in [2.05, 4.69) is 31.4 Å². The Bertz CT molecular complexity index is 396. The molecule has 0 spiro atoms. The minimum atomic E-state index is 0.00669. The van der Waals surface area contributed by atoms with Crippen molar-refractivity contribution in [2.45, 2.75) is 33.6 Å². The first-order chi connectivity index (χ1) is 8.98. The maximum absolute atomic E-state index is 12.0. The van der Waals surface area contributed by atoms with Gasteiger partial charge in [0.05, 0.1) is 0 Å². The molecule has 0 unspecified atom stereocenters. The standard InChI is InChI=1S/C16H26N2O/c1-5-6-13-7-9-14(10-8-13)15(19)18-12-16(2,3)11-17-4/h7-10,17H,5-6,11-12H2,1-4H3,(H,18,19). The second kappa shape index (κ2) is 7.29. The number of carbonyl (C=O) groups excluding carboxylic acids is 1. The van der Waals surface area contributed by atoms with E-state index < -0.39 is 0 Å². The van der Waals surface area contributed by atoms with Crippen LogP contribution in [0.4, 0.5) is 0 Å². The smallest absolute Gasteiger partial charge is 0.251 e. The summed E-state index contributed by atoms with van der Waals surface area (Å²) >= 11 is 0. The predicted octanol–water partition coefficient (Wildman–Crippen LogP) is 2.61. The SMILES string of the molecule is CCCc1ccc(C(=O)NCC(C)(C)CNC)cc1. The van der Waals surface area contributed by atoms with Crippen molar-refractivity contribution in [1.82, 2.24) is 10.6 Å². The Morgan fingerprint density at radius 1 is 1.16 bits per heavy atom. The van der Waals surface area contributed by atoms with Crippen molar-refractivity contribution < 1.29 is 4.79 Å². The van der Waals surface area contributed by atoms with Crippen LogP contribution in [0.1, 0.15) is 43.1 Å². The lowest BCUT2D eigenvalue weighted by Crippen LogP contribution is -2.39. The monoisotopic (exact) mass is 262 g/mol. The molecule has 0 bridgehead atoms. The number of aryl methyl sites for hydroxylation is 1. The van der Waals surface area contributed by atoms with E-state index >= 15 is 0 Å². The van der Waals surface area contributed by atoms with E-state index in [4.69, 9.17) is 0 Å². The molecule has 0 fully saturated rings. The van der Waals surface area contributed by atoms with Crippen LogP contribution >= 0.6 is 0 Å². The van der Waals surface area contributed by atoms with Crippen molar-refractivity contribution in [1.29, 1.82) is 0 Å². The molecule has 106 valence electrons. The summed E-state index contributed by atoms with van der Waals surface area (Å²) in [5.74, 6) is 0.00669. The maximum atomic E-state index is 12.0. The maximum Gasteiger partial charge on any atom is 0.251 e. The van der Waals surface area contributed by atoms with Gasteiger partial charge in [0.25, 0.3) is 5.91 Å². The Balaban J connectivity index is 2.53. The molecule has 0 radical (unpaired) electrons. The highest BCUT2D eigenvalue weighted by Crippen LogP contribution is 2.12. The molecule has 1 aromatic carbocycles. The number of carbonyl (C=O) groups is 1. The van der Waals surface area contributed by atoms with Gasteiger partial charge in [0.2, 0.25) is 0 Å². The van der Waals surface area contributed by atoms with Crippen molar-refractivity contribution in [3.05, 3.63) is 35.4 Å². The van der Waals surface area contributed by atoms with E-state index in [0.717, 1.165) is 24.9 Å². The van der Waals surface area contributed by atoms with Gasteiger partial charge in [-0.15, -0.1) is 0 Å². The van der Waals surface area contributed by atoms with Crippen LogP contribution in [0, 0.1) is 5.41 Å². The van der Waals surface area contributed by atoms with Crippen LogP contribution in [-0.2, 0) is 6.42 Å². The number of hydrogen-bond donors (Lipinski definition) is 2. The number of benzene rings is 1. The highest BCUT2D eigenvalue weighted by molar-refractivity contribution is 5.94. The molecule has 1 amide bonds. The van der Waals surface area contributed by atoms with E-state index in [-0.39, 0.29) is 11.3 Å². The van der Waals surface area contributed by atoms with Crippen LogP contribution in [0.15, 0.2) is 24.3 Å². The van der Waals surface area contributed by atoms with Crippen molar-refractivity contribution in [3.63, 3.8) is 0 Å². The first-order valence-corrected chi connectivity index (χ1v) is 7.00.